The Morgan fingerprint density at radius 1 is 0.302 bits per heavy atom. The molecule has 0 unspecified atom stereocenters. The summed E-state index contributed by atoms with van der Waals surface area (Å²) in [6.07, 6.45) is 45.5. The number of hydrogen-bond acceptors (Lipinski definition) is 2. The van der Waals surface area contributed by atoms with Gasteiger partial charge in [-0.05, 0) is 48.2 Å². The van der Waals surface area contributed by atoms with Gasteiger partial charge in [0, 0.05) is 29.9 Å². The smallest absolute Gasteiger partial charge is 0.0340 e. The Morgan fingerprint density at radius 2 is 0.509 bits per heavy atom. The van der Waals surface area contributed by atoms with Crippen molar-refractivity contribution in [1.29, 1.82) is 0 Å². The van der Waals surface area contributed by atoms with E-state index in [0.29, 0.717) is 0 Å². The summed E-state index contributed by atoms with van der Waals surface area (Å²) in [5, 5.41) is 7.34. The molecule has 0 fully saturated rings. The Labute approximate surface area is 332 Å². The number of benzene rings is 2. The van der Waals surface area contributed by atoms with E-state index in [4.69, 9.17) is 0 Å². The quantitative estimate of drug-likeness (QED) is 0.0672. The topological polar surface area (TPSA) is 24.1 Å². The fourth-order valence-electron chi connectivity index (χ4n) is 7.99. The lowest BCUT2D eigenvalue weighted by Gasteiger charge is -2.26. The molecule has 2 aromatic carbocycles. The molecule has 53 heavy (non-hydrogen) atoms. The van der Waals surface area contributed by atoms with Crippen LogP contribution in [0.15, 0.2) is 48.5 Å². The van der Waals surface area contributed by atoms with Crippen LogP contribution in [0.4, 0.5) is 11.4 Å². The predicted molar refractivity (Wildman–Crippen MR) is 241 cm³/mol. The number of anilines is 2. The van der Waals surface area contributed by atoms with Gasteiger partial charge in [-0.1, -0.05) is 245 Å². The van der Waals surface area contributed by atoms with Crippen LogP contribution in [0.3, 0.4) is 0 Å². The molecule has 2 N–H and O–H groups in total. The van der Waals surface area contributed by atoms with Crippen LogP contribution in [0, 0.1) is 0 Å². The molecule has 0 aromatic heterocycles. The fraction of sp³-hybridized carbons (Fsp3) is 0.765. The van der Waals surface area contributed by atoms with E-state index in [1.165, 1.54) is 228 Å². The van der Waals surface area contributed by atoms with Crippen molar-refractivity contribution in [2.75, 3.05) is 23.7 Å². The Morgan fingerprint density at radius 3 is 0.736 bits per heavy atom. The van der Waals surface area contributed by atoms with Gasteiger partial charge in [-0.15, -0.1) is 0 Å². The van der Waals surface area contributed by atoms with Crippen LogP contribution in [-0.4, -0.2) is 13.1 Å². The van der Waals surface area contributed by atoms with Gasteiger partial charge in [0.2, 0.25) is 0 Å². The largest absolute Gasteiger partial charge is 0.385 e. The van der Waals surface area contributed by atoms with E-state index in [9.17, 15) is 0 Å². The first kappa shape index (κ1) is 47.2. The van der Waals surface area contributed by atoms with E-state index >= 15 is 0 Å². The highest BCUT2D eigenvalue weighted by Crippen LogP contribution is 2.33. The second-order valence-corrected chi connectivity index (χ2v) is 17.2. The van der Waals surface area contributed by atoms with Crippen molar-refractivity contribution in [3.05, 3.63) is 59.7 Å². The van der Waals surface area contributed by atoms with Gasteiger partial charge in [0.1, 0.15) is 0 Å². The maximum absolute atomic E-state index is 3.67. The molecule has 0 amide bonds. The molecule has 2 rings (SSSR count). The molecule has 0 aliphatic rings. The lowest BCUT2D eigenvalue weighted by atomic mass is 9.78. The number of hydrogen-bond donors (Lipinski definition) is 2. The minimum atomic E-state index is -0.0150. The molecule has 304 valence electrons. The first-order valence-electron chi connectivity index (χ1n) is 23.8. The summed E-state index contributed by atoms with van der Waals surface area (Å²) < 4.78 is 0. The van der Waals surface area contributed by atoms with Crippen LogP contribution in [-0.2, 0) is 5.41 Å². The second-order valence-electron chi connectivity index (χ2n) is 17.2. The van der Waals surface area contributed by atoms with Crippen LogP contribution in [0.1, 0.15) is 244 Å². The minimum absolute atomic E-state index is 0.0150. The average molecular weight is 731 g/mol. The monoisotopic (exact) mass is 731 g/mol. The van der Waals surface area contributed by atoms with Gasteiger partial charge in [-0.2, -0.15) is 0 Å². The summed E-state index contributed by atoms with van der Waals surface area (Å²) in [5.41, 5.74) is 5.23. The van der Waals surface area contributed by atoms with E-state index in [0.717, 1.165) is 13.1 Å². The van der Waals surface area contributed by atoms with Gasteiger partial charge in [-0.3, -0.25) is 0 Å². The molecule has 0 atom stereocenters. The Balaban J connectivity index is 1.45. The molecule has 0 radical (unpaired) electrons. The zero-order chi connectivity index (χ0) is 37.9. The lowest BCUT2D eigenvalue weighted by Crippen LogP contribution is -2.19. The predicted octanol–water partition coefficient (Wildman–Crippen LogP) is 17.4. The van der Waals surface area contributed by atoms with E-state index in [1.54, 1.807) is 0 Å². The normalized spacial score (nSPS) is 11.7. The first-order valence-corrected chi connectivity index (χ1v) is 23.8. The van der Waals surface area contributed by atoms with Gasteiger partial charge in [0.25, 0.3) is 0 Å². The van der Waals surface area contributed by atoms with Crippen molar-refractivity contribution in [2.24, 2.45) is 0 Å². The average Bonchev–Trinajstić information content (AvgIpc) is 3.17. The summed E-state index contributed by atoms with van der Waals surface area (Å²) in [5.74, 6) is 0. The van der Waals surface area contributed by atoms with Gasteiger partial charge in [0.05, 0.1) is 0 Å². The van der Waals surface area contributed by atoms with Crippen molar-refractivity contribution in [1.82, 2.24) is 0 Å². The zero-order valence-corrected chi connectivity index (χ0v) is 36.2. The summed E-state index contributed by atoms with van der Waals surface area (Å²) in [6.45, 7) is 11.5. The van der Waals surface area contributed by atoms with Crippen LogP contribution in [0.2, 0.25) is 0 Å². The third-order valence-corrected chi connectivity index (χ3v) is 11.9. The maximum atomic E-state index is 3.67. The molecule has 0 saturated heterocycles. The highest BCUT2D eigenvalue weighted by molar-refractivity contribution is 5.51. The number of unbranched alkanes of at least 4 members (excludes halogenated alkanes) is 30. The molecule has 0 aliphatic carbocycles. The molecule has 2 heteroatoms. The third kappa shape index (κ3) is 24.9. The van der Waals surface area contributed by atoms with Crippen molar-refractivity contribution in [2.45, 2.75) is 239 Å². The van der Waals surface area contributed by atoms with E-state index < -0.39 is 0 Å². The van der Waals surface area contributed by atoms with Crippen LogP contribution in [0.25, 0.3) is 0 Å². The molecule has 0 spiro atoms. The third-order valence-electron chi connectivity index (χ3n) is 11.9. The molecule has 0 heterocycles. The molecular formula is C51H90N2. The van der Waals surface area contributed by atoms with Crippen molar-refractivity contribution < 1.29 is 0 Å². The zero-order valence-electron chi connectivity index (χ0n) is 36.2. The van der Waals surface area contributed by atoms with Gasteiger partial charge < -0.3 is 10.6 Å². The van der Waals surface area contributed by atoms with E-state index in [2.05, 4.69) is 86.9 Å². The van der Waals surface area contributed by atoms with Crippen molar-refractivity contribution in [3.63, 3.8) is 0 Å². The summed E-state index contributed by atoms with van der Waals surface area (Å²) in [7, 11) is 0. The standard InChI is InChI=1S/C51H90N2/c1-5-7-9-11-13-15-17-19-21-23-25-27-29-31-33-35-45-52-49-41-37-47(38-42-49)51(3,4)48-39-43-50(44-40-48)53-46-36-34-32-30-28-26-24-22-20-18-16-14-12-10-8-6-2/h37-44,52-53H,5-36,45-46H2,1-4H3. The minimum Gasteiger partial charge on any atom is -0.385 e. The fourth-order valence-corrected chi connectivity index (χ4v) is 7.99. The summed E-state index contributed by atoms with van der Waals surface area (Å²) in [4.78, 5) is 0. The second kappa shape index (κ2) is 33.4. The molecule has 0 bridgehead atoms. The number of nitrogens with one attached hydrogen (secondary N) is 2. The van der Waals surface area contributed by atoms with Gasteiger partial charge in [0.15, 0.2) is 0 Å². The first-order chi connectivity index (χ1) is 26.1. The van der Waals surface area contributed by atoms with Crippen molar-refractivity contribution >= 4 is 11.4 Å². The summed E-state index contributed by atoms with van der Waals surface area (Å²) >= 11 is 0. The lowest BCUT2D eigenvalue weighted by molar-refractivity contribution is 0.530. The molecule has 0 aliphatic heterocycles. The van der Waals surface area contributed by atoms with E-state index in [-0.39, 0.29) is 5.41 Å². The Hall–Kier alpha value is -1.96. The Bertz CT molecular complexity index is 955. The van der Waals surface area contributed by atoms with Gasteiger partial charge in [-0.25, -0.2) is 0 Å². The van der Waals surface area contributed by atoms with Gasteiger partial charge >= 0.3 is 0 Å². The molecular weight excluding hydrogens is 641 g/mol. The molecule has 2 aromatic rings. The van der Waals surface area contributed by atoms with Crippen LogP contribution >= 0.6 is 0 Å². The Kier molecular flexibility index (Phi) is 29.7. The van der Waals surface area contributed by atoms with Crippen molar-refractivity contribution in [3.8, 4) is 0 Å². The van der Waals surface area contributed by atoms with Crippen LogP contribution < -0.4 is 10.6 Å². The molecule has 2 nitrogen and oxygen atoms in total. The molecule has 0 saturated carbocycles. The van der Waals surface area contributed by atoms with Crippen LogP contribution in [0.5, 0.6) is 0 Å². The number of rotatable bonds is 38. The highest BCUT2D eigenvalue weighted by Gasteiger charge is 2.23. The van der Waals surface area contributed by atoms with E-state index in [1.807, 2.05) is 0 Å². The highest BCUT2D eigenvalue weighted by atomic mass is 14.9. The SMILES string of the molecule is CCCCCCCCCCCCCCCCCCNc1ccc(C(C)(C)c2ccc(NCCCCCCCCCCCCCCCCCC)cc2)cc1. The maximum Gasteiger partial charge on any atom is 0.0340 e. The summed E-state index contributed by atoms with van der Waals surface area (Å²) in [6, 6.07) is 18.4.